The number of nitrogens with two attached hydrogens (primary N) is 1. The Morgan fingerprint density at radius 2 is 2.24 bits per heavy atom. The standard InChI is InChI=1S/C14H19NO2/c1-3-7-16-9-12(15)13-8-11-6-4-5-10(2)14(11)17-13/h4-6,8,12H,3,7,9,15H2,1-2H3. The van der Waals surface area contributed by atoms with Crippen LogP contribution in [0.4, 0.5) is 0 Å². The van der Waals surface area contributed by atoms with Crippen molar-refractivity contribution in [3.05, 3.63) is 35.6 Å². The molecule has 0 saturated heterocycles. The lowest BCUT2D eigenvalue weighted by Crippen LogP contribution is -2.16. The quantitative estimate of drug-likeness (QED) is 0.807. The Labute approximate surface area is 102 Å². The molecule has 2 rings (SSSR count). The second-order valence-corrected chi connectivity index (χ2v) is 4.32. The average molecular weight is 233 g/mol. The van der Waals surface area contributed by atoms with E-state index in [2.05, 4.69) is 6.92 Å². The summed E-state index contributed by atoms with van der Waals surface area (Å²) in [6, 6.07) is 7.91. The lowest BCUT2D eigenvalue weighted by molar-refractivity contribution is 0.117. The number of aryl methyl sites for hydroxylation is 1. The Kier molecular flexibility index (Phi) is 3.82. The van der Waals surface area contributed by atoms with Crippen LogP contribution in [-0.2, 0) is 4.74 Å². The minimum Gasteiger partial charge on any atom is -0.459 e. The largest absolute Gasteiger partial charge is 0.459 e. The summed E-state index contributed by atoms with van der Waals surface area (Å²) in [5, 5.41) is 1.10. The first kappa shape index (κ1) is 12.1. The van der Waals surface area contributed by atoms with Gasteiger partial charge in [-0.3, -0.25) is 0 Å². The van der Waals surface area contributed by atoms with E-state index in [9.17, 15) is 0 Å². The zero-order valence-corrected chi connectivity index (χ0v) is 10.4. The third-order valence-electron chi connectivity index (χ3n) is 2.77. The van der Waals surface area contributed by atoms with E-state index in [1.54, 1.807) is 0 Å². The summed E-state index contributed by atoms with van der Waals surface area (Å²) in [6.45, 7) is 5.37. The minimum absolute atomic E-state index is 0.187. The number of para-hydroxylation sites is 1. The summed E-state index contributed by atoms with van der Waals surface area (Å²) in [4.78, 5) is 0. The van der Waals surface area contributed by atoms with Crippen LogP contribution in [0.1, 0.15) is 30.7 Å². The molecule has 3 nitrogen and oxygen atoms in total. The van der Waals surface area contributed by atoms with Gasteiger partial charge in [0.05, 0.1) is 12.6 Å². The molecule has 1 heterocycles. The molecular formula is C14H19NO2. The summed E-state index contributed by atoms with van der Waals surface area (Å²) in [7, 11) is 0. The average Bonchev–Trinajstić information content (AvgIpc) is 2.75. The fourth-order valence-electron chi connectivity index (χ4n) is 1.85. The first-order valence-electron chi connectivity index (χ1n) is 6.04. The maximum absolute atomic E-state index is 6.03. The van der Waals surface area contributed by atoms with Crippen molar-refractivity contribution in [1.82, 2.24) is 0 Å². The number of fused-ring (bicyclic) bond motifs is 1. The minimum atomic E-state index is -0.187. The van der Waals surface area contributed by atoms with Crippen LogP contribution in [0.5, 0.6) is 0 Å². The van der Waals surface area contributed by atoms with E-state index in [1.165, 1.54) is 0 Å². The van der Waals surface area contributed by atoms with Gasteiger partial charge in [-0.25, -0.2) is 0 Å². The molecule has 0 aliphatic carbocycles. The maximum atomic E-state index is 6.03. The van der Waals surface area contributed by atoms with Crippen molar-refractivity contribution in [2.24, 2.45) is 5.73 Å². The third-order valence-corrected chi connectivity index (χ3v) is 2.77. The number of furan rings is 1. The summed E-state index contributed by atoms with van der Waals surface area (Å²) in [5.41, 5.74) is 8.09. The van der Waals surface area contributed by atoms with Gasteiger partial charge in [-0.2, -0.15) is 0 Å². The molecule has 2 N–H and O–H groups in total. The van der Waals surface area contributed by atoms with Gasteiger partial charge in [0.15, 0.2) is 0 Å². The number of benzene rings is 1. The Bertz CT molecular complexity index is 490. The highest BCUT2D eigenvalue weighted by Crippen LogP contribution is 2.25. The van der Waals surface area contributed by atoms with Gasteiger partial charge in [-0.15, -0.1) is 0 Å². The molecule has 1 aromatic heterocycles. The number of rotatable bonds is 5. The maximum Gasteiger partial charge on any atom is 0.137 e. The Hall–Kier alpha value is -1.32. The Balaban J connectivity index is 2.16. The zero-order valence-electron chi connectivity index (χ0n) is 10.4. The number of hydrogen-bond acceptors (Lipinski definition) is 3. The third kappa shape index (κ3) is 2.68. The molecular weight excluding hydrogens is 214 g/mol. The van der Waals surface area contributed by atoms with Crippen LogP contribution in [-0.4, -0.2) is 13.2 Å². The molecule has 0 bridgehead atoms. The molecule has 2 aromatic rings. The fourth-order valence-corrected chi connectivity index (χ4v) is 1.85. The van der Waals surface area contributed by atoms with Crippen LogP contribution >= 0.6 is 0 Å². The van der Waals surface area contributed by atoms with Gasteiger partial charge < -0.3 is 14.9 Å². The van der Waals surface area contributed by atoms with Crippen LogP contribution in [0.15, 0.2) is 28.7 Å². The molecule has 1 aromatic carbocycles. The molecule has 0 radical (unpaired) electrons. The highest BCUT2D eigenvalue weighted by Gasteiger charge is 2.12. The van der Waals surface area contributed by atoms with Crippen molar-refractivity contribution in [1.29, 1.82) is 0 Å². The summed E-state index contributed by atoms with van der Waals surface area (Å²) in [6.07, 6.45) is 1.01. The van der Waals surface area contributed by atoms with Crippen molar-refractivity contribution in [2.45, 2.75) is 26.3 Å². The molecule has 92 valence electrons. The van der Waals surface area contributed by atoms with Crippen LogP contribution in [0.25, 0.3) is 11.0 Å². The lowest BCUT2D eigenvalue weighted by atomic mass is 10.1. The molecule has 1 atom stereocenters. The van der Waals surface area contributed by atoms with E-state index in [0.717, 1.165) is 35.3 Å². The summed E-state index contributed by atoms with van der Waals surface area (Å²) >= 11 is 0. The van der Waals surface area contributed by atoms with Gasteiger partial charge in [0.1, 0.15) is 11.3 Å². The van der Waals surface area contributed by atoms with Crippen molar-refractivity contribution in [3.63, 3.8) is 0 Å². The van der Waals surface area contributed by atoms with Gasteiger partial charge >= 0.3 is 0 Å². The van der Waals surface area contributed by atoms with Gasteiger partial charge in [0, 0.05) is 12.0 Å². The molecule has 17 heavy (non-hydrogen) atoms. The highest BCUT2D eigenvalue weighted by molar-refractivity contribution is 5.80. The summed E-state index contributed by atoms with van der Waals surface area (Å²) < 4.78 is 11.2. The van der Waals surface area contributed by atoms with Crippen LogP contribution in [0.3, 0.4) is 0 Å². The van der Waals surface area contributed by atoms with Crippen LogP contribution in [0.2, 0.25) is 0 Å². The van der Waals surface area contributed by atoms with Crippen molar-refractivity contribution in [2.75, 3.05) is 13.2 Å². The SMILES string of the molecule is CCCOCC(N)c1cc2cccc(C)c2o1. The Morgan fingerprint density at radius 1 is 1.41 bits per heavy atom. The van der Waals surface area contributed by atoms with E-state index in [4.69, 9.17) is 14.9 Å². The van der Waals surface area contributed by atoms with Gasteiger partial charge in [-0.05, 0) is 25.0 Å². The second kappa shape index (κ2) is 5.34. The van der Waals surface area contributed by atoms with Crippen LogP contribution in [0, 0.1) is 6.92 Å². The van der Waals surface area contributed by atoms with Gasteiger partial charge in [-0.1, -0.05) is 25.1 Å². The number of hydrogen-bond donors (Lipinski definition) is 1. The topological polar surface area (TPSA) is 48.4 Å². The molecule has 0 amide bonds. The monoisotopic (exact) mass is 233 g/mol. The predicted octanol–water partition coefficient (Wildman–Crippen LogP) is 3.17. The summed E-state index contributed by atoms with van der Waals surface area (Å²) in [5.74, 6) is 0.797. The molecule has 0 fully saturated rings. The molecule has 0 saturated carbocycles. The van der Waals surface area contributed by atoms with Gasteiger partial charge in [0.25, 0.3) is 0 Å². The van der Waals surface area contributed by atoms with Crippen molar-refractivity contribution >= 4 is 11.0 Å². The molecule has 0 spiro atoms. The van der Waals surface area contributed by atoms with Crippen molar-refractivity contribution < 1.29 is 9.15 Å². The van der Waals surface area contributed by atoms with E-state index in [0.29, 0.717) is 6.61 Å². The first-order chi connectivity index (χ1) is 8.22. The number of ether oxygens (including phenoxy) is 1. The lowest BCUT2D eigenvalue weighted by Gasteiger charge is -2.08. The molecule has 0 aliphatic rings. The van der Waals surface area contributed by atoms with E-state index in [1.807, 2.05) is 31.2 Å². The normalized spacial score (nSPS) is 13.1. The zero-order chi connectivity index (χ0) is 12.3. The smallest absolute Gasteiger partial charge is 0.137 e. The van der Waals surface area contributed by atoms with Crippen molar-refractivity contribution in [3.8, 4) is 0 Å². The van der Waals surface area contributed by atoms with E-state index < -0.39 is 0 Å². The van der Waals surface area contributed by atoms with E-state index >= 15 is 0 Å². The fraction of sp³-hybridized carbons (Fsp3) is 0.429. The van der Waals surface area contributed by atoms with Crippen LogP contribution < -0.4 is 5.73 Å². The predicted molar refractivity (Wildman–Crippen MR) is 69.0 cm³/mol. The van der Waals surface area contributed by atoms with E-state index in [-0.39, 0.29) is 6.04 Å². The highest BCUT2D eigenvalue weighted by atomic mass is 16.5. The Morgan fingerprint density at radius 3 is 2.94 bits per heavy atom. The molecule has 0 aliphatic heterocycles. The second-order valence-electron chi connectivity index (χ2n) is 4.32. The molecule has 1 unspecified atom stereocenters. The van der Waals surface area contributed by atoms with Gasteiger partial charge in [0.2, 0.25) is 0 Å². The molecule has 3 heteroatoms. The first-order valence-corrected chi connectivity index (χ1v) is 6.04.